The van der Waals surface area contributed by atoms with Gasteiger partial charge < -0.3 is 5.73 Å². The van der Waals surface area contributed by atoms with Crippen LogP contribution in [0.5, 0.6) is 0 Å². The predicted octanol–water partition coefficient (Wildman–Crippen LogP) is 2.80. The summed E-state index contributed by atoms with van der Waals surface area (Å²) in [5.74, 6) is 0.624. The van der Waals surface area contributed by atoms with E-state index in [2.05, 4.69) is 31.1 Å². The number of hydrogen-bond donors (Lipinski definition) is 1. The van der Waals surface area contributed by atoms with Crippen LogP contribution in [0.4, 0.5) is 5.82 Å². The molecule has 0 saturated heterocycles. The van der Waals surface area contributed by atoms with Gasteiger partial charge in [-0.1, -0.05) is 26.0 Å². The summed E-state index contributed by atoms with van der Waals surface area (Å²) in [6, 6.07) is 4.18. The summed E-state index contributed by atoms with van der Waals surface area (Å²) in [5, 5.41) is 5.29. The fraction of sp³-hybridized carbons (Fsp3) is 0.417. The molecule has 2 N–H and O–H groups in total. The van der Waals surface area contributed by atoms with Gasteiger partial charge in [-0.2, -0.15) is 5.10 Å². The number of anilines is 1. The zero-order valence-electron chi connectivity index (χ0n) is 10.1. The predicted molar refractivity (Wildman–Crippen MR) is 65.9 cm³/mol. The molecule has 0 unspecified atom stereocenters. The van der Waals surface area contributed by atoms with Crippen LogP contribution in [-0.4, -0.2) is 9.78 Å². The Labute approximate surface area is 90.9 Å². The highest BCUT2D eigenvalue weighted by molar-refractivity contribution is 5.94. The van der Waals surface area contributed by atoms with Crippen LogP contribution in [0, 0.1) is 13.8 Å². The molecule has 0 bridgehead atoms. The minimum absolute atomic E-state index is 0.624. The summed E-state index contributed by atoms with van der Waals surface area (Å²) < 4.78 is 1.84. The average Bonchev–Trinajstić information content (AvgIpc) is 2.52. The van der Waals surface area contributed by atoms with Gasteiger partial charge in [0.15, 0.2) is 5.82 Å². The minimum atomic E-state index is 0.624. The molecule has 0 spiro atoms. The van der Waals surface area contributed by atoms with Crippen LogP contribution in [0.25, 0.3) is 10.9 Å². The normalized spacial score (nSPS) is 9.93. The Morgan fingerprint density at radius 1 is 1.13 bits per heavy atom. The lowest BCUT2D eigenvalue weighted by atomic mass is 10.1. The minimum Gasteiger partial charge on any atom is -0.382 e. The van der Waals surface area contributed by atoms with E-state index in [1.54, 1.807) is 0 Å². The molecule has 3 nitrogen and oxygen atoms in total. The van der Waals surface area contributed by atoms with E-state index in [4.69, 9.17) is 5.73 Å². The largest absolute Gasteiger partial charge is 0.382 e. The third kappa shape index (κ3) is 1.82. The highest BCUT2D eigenvalue weighted by Gasteiger charge is 2.09. The number of hydrogen-bond acceptors (Lipinski definition) is 2. The molecule has 1 heterocycles. The lowest BCUT2D eigenvalue weighted by molar-refractivity contribution is 0.799. The molecule has 0 atom stereocenters. The molecule has 2 rings (SSSR count). The van der Waals surface area contributed by atoms with Gasteiger partial charge in [-0.25, -0.2) is 0 Å². The quantitative estimate of drug-likeness (QED) is 0.718. The van der Waals surface area contributed by atoms with Gasteiger partial charge in [0.1, 0.15) is 0 Å². The maximum absolute atomic E-state index is 5.81. The second kappa shape index (κ2) is 4.34. The zero-order chi connectivity index (χ0) is 11.6. The van der Waals surface area contributed by atoms with Gasteiger partial charge in [-0.3, -0.25) is 4.68 Å². The summed E-state index contributed by atoms with van der Waals surface area (Å²) >= 11 is 0. The number of nitrogen functional groups attached to an aromatic ring is 1. The van der Waals surface area contributed by atoms with E-state index in [-0.39, 0.29) is 0 Å². The van der Waals surface area contributed by atoms with Crippen LogP contribution >= 0.6 is 0 Å². The van der Waals surface area contributed by atoms with Crippen molar-refractivity contribution in [2.24, 2.45) is 7.05 Å². The number of benzene rings is 1. The van der Waals surface area contributed by atoms with E-state index >= 15 is 0 Å². The van der Waals surface area contributed by atoms with Crippen molar-refractivity contribution in [2.75, 3.05) is 5.73 Å². The molecule has 0 fully saturated rings. The van der Waals surface area contributed by atoms with Crippen molar-refractivity contribution in [1.29, 1.82) is 0 Å². The molecule has 0 aliphatic rings. The topological polar surface area (TPSA) is 43.8 Å². The first kappa shape index (κ1) is 11.6. The van der Waals surface area contributed by atoms with Gasteiger partial charge in [0.25, 0.3) is 0 Å². The first-order valence-electron chi connectivity index (χ1n) is 5.29. The fourth-order valence-electron chi connectivity index (χ4n) is 1.80. The van der Waals surface area contributed by atoms with Gasteiger partial charge >= 0.3 is 0 Å². The van der Waals surface area contributed by atoms with Crippen molar-refractivity contribution >= 4 is 16.7 Å². The SMILES string of the molecule is CC.Cc1ccc(C)c2c1c(N)nn2C. The Bertz CT molecular complexity index is 427. The summed E-state index contributed by atoms with van der Waals surface area (Å²) in [7, 11) is 1.92. The van der Waals surface area contributed by atoms with Crippen LogP contribution in [0.3, 0.4) is 0 Å². The molecule has 1 aromatic heterocycles. The second-order valence-corrected chi connectivity index (χ2v) is 3.43. The monoisotopic (exact) mass is 205 g/mol. The first-order valence-corrected chi connectivity index (χ1v) is 5.29. The third-order valence-electron chi connectivity index (χ3n) is 2.43. The molecule has 3 heteroatoms. The molecule has 0 aliphatic carbocycles. The molecule has 0 amide bonds. The molecule has 2 aromatic rings. The number of rotatable bonds is 0. The highest BCUT2D eigenvalue weighted by Crippen LogP contribution is 2.26. The number of aryl methyl sites for hydroxylation is 3. The molecule has 0 aliphatic heterocycles. The first-order chi connectivity index (χ1) is 7.11. The summed E-state index contributed by atoms with van der Waals surface area (Å²) in [6.07, 6.45) is 0. The van der Waals surface area contributed by atoms with Crippen LogP contribution in [0.2, 0.25) is 0 Å². The lowest BCUT2D eigenvalue weighted by Gasteiger charge is -2.01. The fourth-order valence-corrected chi connectivity index (χ4v) is 1.80. The van der Waals surface area contributed by atoms with Crippen LogP contribution in [0.15, 0.2) is 12.1 Å². The van der Waals surface area contributed by atoms with Crippen molar-refractivity contribution in [3.05, 3.63) is 23.3 Å². The molecule has 1 aromatic carbocycles. The Balaban J connectivity index is 0.000000531. The highest BCUT2D eigenvalue weighted by atomic mass is 15.3. The molecule has 0 radical (unpaired) electrons. The number of aromatic nitrogens is 2. The van der Waals surface area contributed by atoms with Crippen molar-refractivity contribution in [3.8, 4) is 0 Å². The second-order valence-electron chi connectivity index (χ2n) is 3.43. The van der Waals surface area contributed by atoms with Crippen molar-refractivity contribution < 1.29 is 0 Å². The zero-order valence-corrected chi connectivity index (χ0v) is 10.1. The van der Waals surface area contributed by atoms with Crippen LogP contribution in [-0.2, 0) is 7.05 Å². The Hall–Kier alpha value is -1.51. The average molecular weight is 205 g/mol. The van der Waals surface area contributed by atoms with E-state index in [0.717, 1.165) is 10.9 Å². The van der Waals surface area contributed by atoms with E-state index in [1.165, 1.54) is 11.1 Å². The van der Waals surface area contributed by atoms with Gasteiger partial charge in [-0.15, -0.1) is 0 Å². The van der Waals surface area contributed by atoms with Crippen molar-refractivity contribution in [2.45, 2.75) is 27.7 Å². The van der Waals surface area contributed by atoms with E-state index in [0.29, 0.717) is 5.82 Å². The number of fused-ring (bicyclic) bond motifs is 1. The standard InChI is InChI=1S/C10H13N3.C2H6/c1-6-4-5-7(2)9-8(6)10(11)12-13(9)3;1-2/h4-5H,1-3H3,(H2,11,12);1-2H3. The van der Waals surface area contributed by atoms with E-state index < -0.39 is 0 Å². The molecule has 15 heavy (non-hydrogen) atoms. The van der Waals surface area contributed by atoms with Crippen LogP contribution < -0.4 is 5.73 Å². The third-order valence-corrected chi connectivity index (χ3v) is 2.43. The maximum atomic E-state index is 5.81. The summed E-state index contributed by atoms with van der Waals surface area (Å²) in [4.78, 5) is 0. The van der Waals surface area contributed by atoms with Gasteiger partial charge in [-0.05, 0) is 25.0 Å². The van der Waals surface area contributed by atoms with Crippen molar-refractivity contribution in [1.82, 2.24) is 9.78 Å². The number of nitrogens with two attached hydrogens (primary N) is 1. The lowest BCUT2D eigenvalue weighted by Crippen LogP contribution is -1.92. The molecular formula is C12H19N3. The Kier molecular flexibility index (Phi) is 3.35. The smallest absolute Gasteiger partial charge is 0.153 e. The van der Waals surface area contributed by atoms with Gasteiger partial charge in [0, 0.05) is 12.4 Å². The number of nitrogens with zero attached hydrogens (tertiary/aromatic N) is 2. The Morgan fingerprint density at radius 3 is 2.20 bits per heavy atom. The summed E-state index contributed by atoms with van der Waals surface area (Å²) in [6.45, 7) is 8.13. The van der Waals surface area contributed by atoms with Gasteiger partial charge in [0.2, 0.25) is 0 Å². The van der Waals surface area contributed by atoms with E-state index in [9.17, 15) is 0 Å². The summed E-state index contributed by atoms with van der Waals surface area (Å²) in [5.41, 5.74) is 9.35. The molecule has 82 valence electrons. The Morgan fingerprint density at radius 2 is 1.67 bits per heavy atom. The van der Waals surface area contributed by atoms with Gasteiger partial charge in [0.05, 0.1) is 5.52 Å². The van der Waals surface area contributed by atoms with E-state index in [1.807, 2.05) is 25.6 Å². The van der Waals surface area contributed by atoms with Crippen LogP contribution in [0.1, 0.15) is 25.0 Å². The molecule has 0 saturated carbocycles. The van der Waals surface area contributed by atoms with Crippen molar-refractivity contribution in [3.63, 3.8) is 0 Å². The maximum Gasteiger partial charge on any atom is 0.153 e. The molecular weight excluding hydrogens is 186 g/mol.